The van der Waals surface area contributed by atoms with Gasteiger partial charge in [-0.15, -0.1) is 0 Å². The van der Waals surface area contributed by atoms with Gasteiger partial charge in [-0.25, -0.2) is 0 Å². The number of hydrogen-bond acceptors (Lipinski definition) is 3. The van der Waals surface area contributed by atoms with Crippen LogP contribution in [0.4, 0.5) is 0 Å². The summed E-state index contributed by atoms with van der Waals surface area (Å²) in [4.78, 5) is 2.51. The number of nitriles is 1. The maximum atomic E-state index is 9.46. The molecule has 3 heteroatoms. The largest absolute Gasteiger partial charge is 0.303 e. The normalized spacial score (nSPS) is 37.4. The zero-order chi connectivity index (χ0) is 11.9. The van der Waals surface area contributed by atoms with Crippen LogP contribution in [0.2, 0.25) is 0 Å². The lowest BCUT2D eigenvalue weighted by Crippen LogP contribution is -2.44. The van der Waals surface area contributed by atoms with Crippen molar-refractivity contribution < 1.29 is 0 Å². The molecule has 0 bridgehead atoms. The second-order valence-electron chi connectivity index (χ2n) is 6.39. The molecule has 0 amide bonds. The Morgan fingerprint density at radius 3 is 2.65 bits per heavy atom. The van der Waals surface area contributed by atoms with E-state index in [1.807, 2.05) is 0 Å². The molecule has 0 aromatic heterocycles. The third-order valence-corrected chi connectivity index (χ3v) is 4.63. The first-order valence-corrected chi connectivity index (χ1v) is 7.10. The van der Waals surface area contributed by atoms with Gasteiger partial charge in [0.15, 0.2) is 0 Å². The van der Waals surface area contributed by atoms with Crippen molar-refractivity contribution in [3.8, 4) is 6.07 Å². The van der Waals surface area contributed by atoms with Gasteiger partial charge in [0.1, 0.15) is 5.54 Å². The number of nitrogens with zero attached hydrogens (tertiary/aromatic N) is 2. The van der Waals surface area contributed by atoms with Crippen molar-refractivity contribution in [1.29, 1.82) is 5.26 Å². The average Bonchev–Trinajstić information content (AvgIpc) is 3.22. The van der Waals surface area contributed by atoms with Crippen molar-refractivity contribution >= 4 is 0 Å². The molecule has 3 fully saturated rings. The Labute approximate surface area is 104 Å². The number of nitrogens with one attached hydrogen (secondary N) is 1. The fourth-order valence-corrected chi connectivity index (χ4v) is 3.14. The molecule has 1 N–H and O–H groups in total. The van der Waals surface area contributed by atoms with Crippen LogP contribution in [0.3, 0.4) is 0 Å². The van der Waals surface area contributed by atoms with E-state index in [-0.39, 0.29) is 5.54 Å². The first kappa shape index (κ1) is 11.5. The van der Waals surface area contributed by atoms with Crippen molar-refractivity contribution in [2.45, 2.75) is 62.6 Å². The summed E-state index contributed by atoms with van der Waals surface area (Å²) < 4.78 is 0. The summed E-state index contributed by atoms with van der Waals surface area (Å²) in [5, 5.41) is 13.0. The van der Waals surface area contributed by atoms with E-state index in [4.69, 9.17) is 0 Å². The average molecular weight is 233 g/mol. The molecule has 0 saturated heterocycles. The second kappa shape index (κ2) is 4.26. The lowest BCUT2D eigenvalue weighted by atomic mass is 9.99. The quantitative estimate of drug-likeness (QED) is 0.788. The van der Waals surface area contributed by atoms with Gasteiger partial charge in [-0.1, -0.05) is 0 Å². The Kier molecular flexibility index (Phi) is 2.88. The standard InChI is InChI=1S/C14H23N3/c1-17(9-11-2-3-11)13-6-7-14(8-13,10-15)16-12-4-5-12/h11-13,16H,2-9H2,1H3. The van der Waals surface area contributed by atoms with Gasteiger partial charge in [0.25, 0.3) is 0 Å². The minimum atomic E-state index is -0.205. The van der Waals surface area contributed by atoms with Crippen molar-refractivity contribution in [1.82, 2.24) is 10.2 Å². The van der Waals surface area contributed by atoms with Crippen molar-refractivity contribution in [2.75, 3.05) is 13.6 Å². The summed E-state index contributed by atoms with van der Waals surface area (Å²) >= 11 is 0. The minimum absolute atomic E-state index is 0.205. The first-order valence-electron chi connectivity index (χ1n) is 7.10. The summed E-state index contributed by atoms with van der Waals surface area (Å²) in [6.07, 6.45) is 8.64. The van der Waals surface area contributed by atoms with Crippen LogP contribution in [0.15, 0.2) is 0 Å². The van der Waals surface area contributed by atoms with Crippen LogP contribution in [-0.4, -0.2) is 36.1 Å². The predicted octanol–water partition coefficient (Wildman–Crippen LogP) is 1.90. The monoisotopic (exact) mass is 233 g/mol. The highest BCUT2D eigenvalue weighted by molar-refractivity contribution is 5.15. The van der Waals surface area contributed by atoms with E-state index in [1.54, 1.807) is 0 Å². The van der Waals surface area contributed by atoms with Gasteiger partial charge in [0.05, 0.1) is 6.07 Å². The molecule has 0 aromatic rings. The third-order valence-electron chi connectivity index (χ3n) is 4.63. The van der Waals surface area contributed by atoms with Gasteiger partial charge >= 0.3 is 0 Å². The van der Waals surface area contributed by atoms with E-state index in [1.165, 1.54) is 38.6 Å². The molecule has 94 valence electrons. The highest BCUT2D eigenvalue weighted by Gasteiger charge is 2.44. The van der Waals surface area contributed by atoms with Crippen LogP contribution in [0.1, 0.15) is 44.9 Å². The molecular weight excluding hydrogens is 210 g/mol. The molecule has 0 spiro atoms. The zero-order valence-corrected chi connectivity index (χ0v) is 10.8. The van der Waals surface area contributed by atoms with E-state index in [2.05, 4.69) is 23.3 Å². The van der Waals surface area contributed by atoms with E-state index >= 15 is 0 Å². The lowest BCUT2D eigenvalue weighted by Gasteiger charge is -2.27. The Balaban J connectivity index is 1.56. The topological polar surface area (TPSA) is 39.1 Å². The predicted molar refractivity (Wildman–Crippen MR) is 67.5 cm³/mol. The SMILES string of the molecule is CN(CC1CC1)C1CCC(C#N)(NC2CC2)C1. The summed E-state index contributed by atoms with van der Waals surface area (Å²) in [6, 6.07) is 3.83. The molecule has 3 nitrogen and oxygen atoms in total. The minimum Gasteiger partial charge on any atom is -0.303 e. The Hall–Kier alpha value is -0.590. The Morgan fingerprint density at radius 1 is 1.29 bits per heavy atom. The van der Waals surface area contributed by atoms with Crippen LogP contribution >= 0.6 is 0 Å². The Morgan fingerprint density at radius 2 is 2.06 bits per heavy atom. The number of rotatable bonds is 5. The third kappa shape index (κ3) is 2.64. The van der Waals surface area contributed by atoms with E-state index in [0.29, 0.717) is 12.1 Å². The molecule has 0 radical (unpaired) electrons. The van der Waals surface area contributed by atoms with Crippen molar-refractivity contribution in [2.24, 2.45) is 5.92 Å². The van der Waals surface area contributed by atoms with Crippen LogP contribution in [0.5, 0.6) is 0 Å². The molecule has 0 aliphatic heterocycles. The van der Waals surface area contributed by atoms with Gasteiger partial charge in [-0.3, -0.25) is 5.32 Å². The van der Waals surface area contributed by atoms with Crippen molar-refractivity contribution in [3.05, 3.63) is 0 Å². The maximum absolute atomic E-state index is 9.46. The van der Waals surface area contributed by atoms with Gasteiger partial charge in [-0.05, 0) is 57.9 Å². The Bertz CT molecular complexity index is 327. The summed E-state index contributed by atoms with van der Waals surface area (Å²) in [5.41, 5.74) is -0.205. The van der Waals surface area contributed by atoms with Crippen LogP contribution in [0, 0.1) is 17.2 Å². The van der Waals surface area contributed by atoms with Crippen LogP contribution in [-0.2, 0) is 0 Å². The molecule has 3 aliphatic carbocycles. The highest BCUT2D eigenvalue weighted by atomic mass is 15.2. The summed E-state index contributed by atoms with van der Waals surface area (Å²) in [6.45, 7) is 1.25. The molecule has 0 aromatic carbocycles. The fraction of sp³-hybridized carbons (Fsp3) is 0.929. The van der Waals surface area contributed by atoms with E-state index < -0.39 is 0 Å². The van der Waals surface area contributed by atoms with Gasteiger partial charge in [0, 0.05) is 18.6 Å². The molecule has 0 heterocycles. The maximum Gasteiger partial charge on any atom is 0.108 e. The van der Waals surface area contributed by atoms with Gasteiger partial charge in [0.2, 0.25) is 0 Å². The van der Waals surface area contributed by atoms with Crippen molar-refractivity contribution in [3.63, 3.8) is 0 Å². The molecule has 3 rings (SSSR count). The molecular formula is C14H23N3. The number of hydrogen-bond donors (Lipinski definition) is 1. The molecule has 2 unspecified atom stereocenters. The first-order chi connectivity index (χ1) is 8.21. The molecule has 3 aliphatic rings. The summed E-state index contributed by atoms with van der Waals surface area (Å²) in [7, 11) is 2.24. The highest BCUT2D eigenvalue weighted by Crippen LogP contribution is 2.37. The van der Waals surface area contributed by atoms with Gasteiger partial charge < -0.3 is 4.90 Å². The second-order valence-corrected chi connectivity index (χ2v) is 6.39. The summed E-state index contributed by atoms with van der Waals surface area (Å²) in [5.74, 6) is 0.952. The van der Waals surface area contributed by atoms with Crippen LogP contribution in [0.25, 0.3) is 0 Å². The zero-order valence-electron chi connectivity index (χ0n) is 10.8. The van der Waals surface area contributed by atoms with E-state index in [0.717, 1.165) is 18.8 Å². The van der Waals surface area contributed by atoms with Crippen LogP contribution < -0.4 is 5.32 Å². The molecule has 17 heavy (non-hydrogen) atoms. The molecule has 3 saturated carbocycles. The molecule has 2 atom stereocenters. The lowest BCUT2D eigenvalue weighted by molar-refractivity contribution is 0.227. The van der Waals surface area contributed by atoms with E-state index in [9.17, 15) is 5.26 Å². The fourth-order valence-electron chi connectivity index (χ4n) is 3.14. The van der Waals surface area contributed by atoms with Gasteiger partial charge in [-0.2, -0.15) is 5.26 Å². The smallest absolute Gasteiger partial charge is 0.108 e.